The lowest BCUT2D eigenvalue weighted by molar-refractivity contribution is -0.284. The molecular formula is C72H68Cl2N8O28. The van der Waals surface area contributed by atoms with Crippen LogP contribution in [0.5, 0.6) is 69.0 Å². The number of hydrogen-bond acceptors (Lipinski definition) is 28. The second-order valence-corrected chi connectivity index (χ2v) is 27.3. The van der Waals surface area contributed by atoms with Crippen LogP contribution >= 0.6 is 23.2 Å². The van der Waals surface area contributed by atoms with Gasteiger partial charge in [-0.2, -0.15) is 0 Å². The third-order valence-corrected chi connectivity index (χ3v) is 19.6. The number of benzene rings is 7. The van der Waals surface area contributed by atoms with Crippen LogP contribution < -0.4 is 61.9 Å². The highest BCUT2D eigenvalue weighted by Gasteiger charge is 2.50. The van der Waals surface area contributed by atoms with Crippen LogP contribution in [-0.4, -0.2) is 200 Å². The van der Waals surface area contributed by atoms with Crippen LogP contribution in [0.2, 0.25) is 10.0 Å². The van der Waals surface area contributed by atoms with Crippen molar-refractivity contribution in [1.29, 1.82) is 0 Å². The fourth-order valence-corrected chi connectivity index (χ4v) is 13.9. The Bertz CT molecular complexity index is 4880. The number of aliphatic carboxylic acids is 1. The number of carbonyl (C=O) groups is 8. The van der Waals surface area contributed by atoms with Crippen molar-refractivity contribution in [3.8, 4) is 80.1 Å². The highest BCUT2D eigenvalue weighted by molar-refractivity contribution is 6.32. The zero-order chi connectivity index (χ0) is 78.7. The van der Waals surface area contributed by atoms with Gasteiger partial charge in [0.05, 0.1) is 23.3 Å². The molecule has 7 aromatic rings. The molecule has 0 saturated carbocycles. The third kappa shape index (κ3) is 15.3. The summed E-state index contributed by atoms with van der Waals surface area (Å²) in [6.07, 6.45) is -20.7. The number of fused-ring (bicyclic) bond motifs is 14. The summed E-state index contributed by atoms with van der Waals surface area (Å²) in [5, 5.41) is 163. The van der Waals surface area contributed by atoms with Crippen LogP contribution in [0, 0.1) is 0 Å². The van der Waals surface area contributed by atoms with Gasteiger partial charge in [-0.15, -0.1) is 0 Å². The van der Waals surface area contributed by atoms with Gasteiger partial charge in [-0.05, 0) is 112 Å². The summed E-state index contributed by atoms with van der Waals surface area (Å²) in [6, 6.07) is 3.70. The van der Waals surface area contributed by atoms with Gasteiger partial charge in [-0.25, -0.2) is 4.79 Å². The number of nitrogens with two attached hydrogens (primary N) is 1. The van der Waals surface area contributed by atoms with Crippen LogP contribution in [0.15, 0.2) is 115 Å². The SMILES string of the molecule is CC(=O)NC1[C@@H](O[C@H]2c3ccc(c(Cl)c3)Oc3cc4cc(c3O)Oc3ccc(cc3Cl)C[C@@H]3NC(=O)[C@@H](N)c5ccc(O)c(c5)Oc5cc(O)cc(c5)[C@@H](NC3=O)C(=O)N[C@@H]4C(=O)N[C@@H]3C(=O)N[C@H]2C(=O)N[C@@H](C(=O)O)c2cc(O)cc(O[C@@H]4O[C@@H](CO)[C@H](O)[C@@H](O)[C@H]4O)c2-c2cc3ccc2O)O[C@@H](CO)[C@H](O)[C@H]1O. The molecule has 578 valence electrons. The number of rotatable bonds is 8. The van der Waals surface area contributed by atoms with Gasteiger partial charge >= 0.3 is 5.97 Å². The zero-order valence-corrected chi connectivity index (χ0v) is 58.3. The molecule has 36 nitrogen and oxygen atoms in total. The molecule has 0 aliphatic carbocycles. The number of ether oxygens (including phenoxy) is 7. The number of nitrogens with one attached hydrogen (secondary N) is 7. The average molecular weight is 1560 g/mol. The molecule has 1 unspecified atom stereocenters. The minimum absolute atomic E-state index is 0.0678. The predicted molar refractivity (Wildman–Crippen MR) is 372 cm³/mol. The van der Waals surface area contributed by atoms with E-state index in [0.29, 0.717) is 0 Å². The molecule has 0 spiro atoms. The summed E-state index contributed by atoms with van der Waals surface area (Å²) in [5.74, 6) is -18.0. The van der Waals surface area contributed by atoms with E-state index in [0.717, 1.165) is 91.9 Å². The molecule has 0 radical (unpaired) electrons. The number of carbonyl (C=O) groups excluding carboxylic acids is 7. The summed E-state index contributed by atoms with van der Waals surface area (Å²) in [6.45, 7) is -1.05. The number of amides is 7. The first-order valence-corrected chi connectivity index (χ1v) is 34.3. The van der Waals surface area contributed by atoms with Gasteiger partial charge < -0.3 is 142 Å². The number of aromatic hydroxyl groups is 5. The van der Waals surface area contributed by atoms with Gasteiger partial charge in [0.1, 0.15) is 131 Å². The molecule has 8 aliphatic rings. The Morgan fingerprint density at radius 3 is 1.75 bits per heavy atom. The first-order chi connectivity index (χ1) is 52.3. The number of hydrogen-bond donors (Lipinski definition) is 21. The van der Waals surface area contributed by atoms with Gasteiger partial charge in [0, 0.05) is 42.2 Å². The highest BCUT2D eigenvalue weighted by Crippen LogP contribution is 2.50. The monoisotopic (exact) mass is 1560 g/mol. The largest absolute Gasteiger partial charge is 0.508 e. The smallest absolute Gasteiger partial charge is 0.330 e. The summed E-state index contributed by atoms with van der Waals surface area (Å²) in [4.78, 5) is 121. The molecule has 110 heavy (non-hydrogen) atoms. The molecule has 7 aromatic carbocycles. The van der Waals surface area contributed by atoms with Gasteiger partial charge in [-0.3, -0.25) is 33.6 Å². The first kappa shape index (κ1) is 76.8. The van der Waals surface area contributed by atoms with E-state index in [1.54, 1.807) is 0 Å². The standard InChI is InChI=1S/C72H68Cl2N8O28/c1-24(85)76-55-60(93)58(91)47(22-83)108-71(55)110-63-28-5-9-42(37(74)15-28)106-46-18-30-17-45(57(46)90)105-41-8-2-25(10-36(41)73)11-38-64(96)78-52(29-12-31(86)19-33(13-29)104-43-16-26(3-7-40(43)89)50(75)65(97)77-38)67(99)80-53(30)68(100)79-51-27-4-6-39(88)34(14-27)49-35(54(70(102)103)81-69(101)56(63)82-66(51)98)20-32(87)21-44(49)107-72-62(95)61(94)59(92)48(23-84)109-72/h2-10,12-21,38,47-48,50-56,58-63,71-72,83-84,86-95H,11,22-23,75H2,1H3,(H,76,85)(H,77,97)(H,78,96)(H,79,100)(H,80,99)(H,81,101)(H,82,98)(H,102,103)/t38-,47-,48-,50-,51-,52+,53-,54+,55?,56+,58-,59-,60-,61+,62+,63-,71+,72+/m0/s1. The van der Waals surface area contributed by atoms with E-state index in [2.05, 4.69) is 37.2 Å². The van der Waals surface area contributed by atoms with Gasteiger partial charge in [0.15, 0.2) is 35.3 Å². The van der Waals surface area contributed by atoms with E-state index in [4.69, 9.17) is 62.1 Å². The van der Waals surface area contributed by atoms with E-state index in [1.807, 2.05) is 0 Å². The lowest BCUT2D eigenvalue weighted by Gasteiger charge is -2.44. The van der Waals surface area contributed by atoms with Crippen LogP contribution in [-0.2, 0) is 59.0 Å². The number of halogens is 2. The fourth-order valence-electron chi connectivity index (χ4n) is 13.5. The maximum Gasteiger partial charge on any atom is 0.330 e. The Hall–Kier alpha value is -11.4. The van der Waals surface area contributed by atoms with Gasteiger partial charge in [-0.1, -0.05) is 47.5 Å². The lowest BCUT2D eigenvalue weighted by atomic mass is 9.89. The number of carboxylic acid groups (broad SMARTS) is 1. The fraction of sp³-hybridized carbons (Fsp3) is 0.306. The summed E-state index contributed by atoms with van der Waals surface area (Å²) < 4.78 is 43.0. The molecule has 2 saturated heterocycles. The molecule has 17 bridgehead atoms. The first-order valence-electron chi connectivity index (χ1n) is 33.5. The van der Waals surface area contributed by atoms with E-state index < -0.39 is 261 Å². The molecule has 2 fully saturated rings. The van der Waals surface area contributed by atoms with Gasteiger partial charge in [0.2, 0.25) is 53.4 Å². The Labute approximate surface area is 629 Å². The van der Waals surface area contributed by atoms with Crippen molar-refractivity contribution in [2.24, 2.45) is 5.73 Å². The second-order valence-electron chi connectivity index (χ2n) is 26.4. The second kappa shape index (κ2) is 31.0. The maximum absolute atomic E-state index is 16.4. The molecule has 22 N–H and O–H groups in total. The van der Waals surface area contributed by atoms with E-state index >= 15 is 24.0 Å². The maximum atomic E-state index is 16.4. The average Bonchev–Trinajstić information content (AvgIpc) is 0.766. The Kier molecular flexibility index (Phi) is 21.6. The molecular weight excluding hydrogens is 1500 g/mol. The molecule has 0 aromatic heterocycles. The highest BCUT2D eigenvalue weighted by atomic mass is 35.5. The van der Waals surface area contributed by atoms with Crippen molar-refractivity contribution in [3.05, 3.63) is 164 Å². The van der Waals surface area contributed by atoms with Crippen molar-refractivity contribution in [2.45, 2.75) is 123 Å². The predicted octanol–water partition coefficient (Wildman–Crippen LogP) is 0.426. The third-order valence-electron chi connectivity index (χ3n) is 19.0. The quantitative estimate of drug-likeness (QED) is 0.0980. The van der Waals surface area contributed by atoms with Crippen LogP contribution in [0.25, 0.3) is 11.1 Å². The van der Waals surface area contributed by atoms with E-state index in [9.17, 15) is 80.8 Å². The number of aliphatic hydroxyl groups excluding tert-OH is 7. The summed E-state index contributed by atoms with van der Waals surface area (Å²) in [7, 11) is 0. The molecule has 8 aliphatic heterocycles. The lowest BCUT2D eigenvalue weighted by Crippen LogP contribution is -2.65. The Balaban J connectivity index is 1.05. The van der Waals surface area contributed by atoms with E-state index in [1.165, 1.54) is 30.3 Å². The minimum atomic E-state index is -2.51. The topological polar surface area (TPSA) is 574 Å². The number of aliphatic hydroxyl groups is 7. The molecule has 18 atom stereocenters. The van der Waals surface area contributed by atoms with Crippen molar-refractivity contribution in [1.82, 2.24) is 37.2 Å². The Morgan fingerprint density at radius 2 is 1.11 bits per heavy atom. The Morgan fingerprint density at radius 1 is 0.536 bits per heavy atom. The van der Waals surface area contributed by atoms with Crippen LogP contribution in [0.1, 0.15) is 82.2 Å². The van der Waals surface area contributed by atoms with Crippen LogP contribution in [0.4, 0.5) is 0 Å². The van der Waals surface area contributed by atoms with Crippen molar-refractivity contribution >= 4 is 70.5 Å². The molecule has 38 heteroatoms. The number of phenols is 5. The normalized spacial score (nSPS) is 28.1. The van der Waals surface area contributed by atoms with E-state index in [-0.39, 0.29) is 44.5 Å². The zero-order valence-electron chi connectivity index (χ0n) is 56.8. The summed E-state index contributed by atoms with van der Waals surface area (Å²) >= 11 is 14.1. The summed E-state index contributed by atoms with van der Waals surface area (Å²) in [5.41, 5.74) is 3.25. The minimum Gasteiger partial charge on any atom is -0.508 e. The molecule has 15 rings (SSSR count). The van der Waals surface area contributed by atoms with Crippen molar-refractivity contribution in [3.63, 3.8) is 0 Å². The number of phenolic OH excluding ortho intramolecular Hbond substituents is 5. The van der Waals surface area contributed by atoms with Crippen molar-refractivity contribution < 1.29 is 138 Å². The van der Waals surface area contributed by atoms with Gasteiger partial charge in [0.25, 0.3) is 0 Å². The number of carboxylic acids is 1. The molecule has 7 amide bonds. The molecule has 8 heterocycles. The van der Waals surface area contributed by atoms with Crippen LogP contribution in [0.3, 0.4) is 0 Å². The van der Waals surface area contributed by atoms with Crippen molar-refractivity contribution in [2.75, 3.05) is 13.2 Å².